The van der Waals surface area contributed by atoms with Crippen LogP contribution >= 0.6 is 0 Å². The number of nitrogens with two attached hydrogens (primary N) is 2. The fourth-order valence-corrected chi connectivity index (χ4v) is 2.31. The summed E-state index contributed by atoms with van der Waals surface area (Å²) in [7, 11) is 0. The van der Waals surface area contributed by atoms with E-state index in [0.29, 0.717) is 23.2 Å². The molecule has 0 fully saturated rings. The Balaban J connectivity index is 2.13. The zero-order valence-electron chi connectivity index (χ0n) is 12.5. The average Bonchev–Trinajstić information content (AvgIpc) is 2.86. The molecule has 108 valence electrons. The van der Waals surface area contributed by atoms with E-state index in [4.69, 9.17) is 15.9 Å². The van der Waals surface area contributed by atoms with Crippen LogP contribution in [0.5, 0.6) is 0 Å². The van der Waals surface area contributed by atoms with Crippen molar-refractivity contribution in [3.63, 3.8) is 0 Å². The van der Waals surface area contributed by atoms with Gasteiger partial charge in [-0.1, -0.05) is 19.9 Å². The fourth-order valence-electron chi connectivity index (χ4n) is 2.31. The van der Waals surface area contributed by atoms with Crippen molar-refractivity contribution in [3.05, 3.63) is 41.5 Å². The molecule has 4 nitrogen and oxygen atoms in total. The van der Waals surface area contributed by atoms with Crippen LogP contribution in [-0.4, -0.2) is 4.98 Å². The Labute approximate surface area is 123 Å². The van der Waals surface area contributed by atoms with Crippen LogP contribution < -0.4 is 11.5 Å². The first kappa shape index (κ1) is 13.5. The summed E-state index contributed by atoms with van der Waals surface area (Å²) in [6, 6.07) is 9.79. The number of benzene rings is 2. The maximum atomic E-state index is 5.97. The zero-order chi connectivity index (χ0) is 15.1. The second kappa shape index (κ2) is 4.81. The lowest BCUT2D eigenvalue weighted by molar-refractivity contribution is 0.620. The molecule has 0 saturated carbocycles. The number of oxazole rings is 1. The lowest BCUT2D eigenvalue weighted by Gasteiger charge is -2.05. The van der Waals surface area contributed by atoms with Crippen LogP contribution in [0.1, 0.15) is 30.9 Å². The minimum Gasteiger partial charge on any atom is -0.436 e. The lowest BCUT2D eigenvalue weighted by atomic mass is 10.0. The minimum atomic E-state index is 0.459. The molecule has 0 spiro atoms. The summed E-state index contributed by atoms with van der Waals surface area (Å²) in [6.45, 7) is 6.21. The van der Waals surface area contributed by atoms with Crippen LogP contribution in [0.25, 0.3) is 22.6 Å². The molecule has 1 aromatic heterocycles. The van der Waals surface area contributed by atoms with Crippen LogP contribution in [0.2, 0.25) is 0 Å². The molecular formula is C17H19N3O. The first-order valence-corrected chi connectivity index (χ1v) is 7.02. The van der Waals surface area contributed by atoms with Crippen molar-refractivity contribution in [2.75, 3.05) is 11.5 Å². The largest absolute Gasteiger partial charge is 0.436 e. The van der Waals surface area contributed by atoms with Crippen LogP contribution in [-0.2, 0) is 0 Å². The second-order valence-electron chi connectivity index (χ2n) is 5.68. The smallest absolute Gasteiger partial charge is 0.227 e. The maximum absolute atomic E-state index is 5.97. The van der Waals surface area contributed by atoms with E-state index in [0.717, 1.165) is 22.2 Å². The Morgan fingerprint density at radius 1 is 1.05 bits per heavy atom. The van der Waals surface area contributed by atoms with E-state index in [1.54, 1.807) is 0 Å². The van der Waals surface area contributed by atoms with E-state index < -0.39 is 0 Å². The monoisotopic (exact) mass is 281 g/mol. The fraction of sp³-hybridized carbons (Fsp3) is 0.235. The molecular weight excluding hydrogens is 262 g/mol. The van der Waals surface area contributed by atoms with E-state index in [2.05, 4.69) is 31.0 Å². The molecule has 3 aromatic rings. The number of hydrogen-bond donors (Lipinski definition) is 2. The van der Waals surface area contributed by atoms with Crippen molar-refractivity contribution in [1.29, 1.82) is 0 Å². The molecule has 0 bridgehead atoms. The summed E-state index contributed by atoms with van der Waals surface area (Å²) in [5.74, 6) is 1.00. The van der Waals surface area contributed by atoms with E-state index in [1.807, 2.05) is 25.1 Å². The SMILES string of the molecule is Cc1c(N)cc(-c2nc3cc(C(C)C)ccc3o2)cc1N. The van der Waals surface area contributed by atoms with Crippen molar-refractivity contribution in [3.8, 4) is 11.5 Å². The number of aromatic nitrogens is 1. The summed E-state index contributed by atoms with van der Waals surface area (Å²) < 4.78 is 5.82. The van der Waals surface area contributed by atoms with Gasteiger partial charge in [-0.05, 0) is 48.2 Å². The van der Waals surface area contributed by atoms with Gasteiger partial charge in [0.1, 0.15) is 5.52 Å². The Kier molecular flexibility index (Phi) is 3.09. The minimum absolute atomic E-state index is 0.459. The van der Waals surface area contributed by atoms with Gasteiger partial charge in [-0.15, -0.1) is 0 Å². The van der Waals surface area contributed by atoms with Crippen LogP contribution in [0.4, 0.5) is 11.4 Å². The van der Waals surface area contributed by atoms with Crippen LogP contribution in [0.15, 0.2) is 34.7 Å². The number of anilines is 2. The second-order valence-corrected chi connectivity index (χ2v) is 5.68. The molecule has 0 amide bonds. The molecule has 4 heteroatoms. The lowest BCUT2D eigenvalue weighted by Crippen LogP contribution is -1.96. The van der Waals surface area contributed by atoms with E-state index in [-0.39, 0.29) is 0 Å². The highest BCUT2D eigenvalue weighted by Gasteiger charge is 2.12. The summed E-state index contributed by atoms with van der Waals surface area (Å²) in [4.78, 5) is 4.56. The van der Waals surface area contributed by atoms with Gasteiger partial charge in [0.2, 0.25) is 5.89 Å². The van der Waals surface area contributed by atoms with Crippen molar-refractivity contribution in [2.24, 2.45) is 0 Å². The highest BCUT2D eigenvalue weighted by atomic mass is 16.3. The van der Waals surface area contributed by atoms with Gasteiger partial charge in [-0.25, -0.2) is 4.98 Å². The number of rotatable bonds is 2. The predicted molar refractivity (Wildman–Crippen MR) is 87.1 cm³/mol. The number of nitrogen functional groups attached to an aromatic ring is 2. The molecule has 0 radical (unpaired) electrons. The Morgan fingerprint density at radius 2 is 1.71 bits per heavy atom. The molecule has 0 aliphatic heterocycles. The average molecular weight is 281 g/mol. The Morgan fingerprint density at radius 3 is 2.33 bits per heavy atom. The van der Waals surface area contributed by atoms with Crippen molar-refractivity contribution in [1.82, 2.24) is 4.98 Å². The van der Waals surface area contributed by atoms with Gasteiger partial charge < -0.3 is 15.9 Å². The van der Waals surface area contributed by atoms with Crippen molar-refractivity contribution < 1.29 is 4.42 Å². The predicted octanol–water partition coefficient (Wildman–Crippen LogP) is 4.09. The molecule has 0 saturated heterocycles. The molecule has 0 aliphatic carbocycles. The zero-order valence-corrected chi connectivity index (χ0v) is 12.5. The van der Waals surface area contributed by atoms with Crippen LogP contribution in [0.3, 0.4) is 0 Å². The van der Waals surface area contributed by atoms with Gasteiger partial charge in [0.05, 0.1) is 0 Å². The van der Waals surface area contributed by atoms with Crippen molar-refractivity contribution in [2.45, 2.75) is 26.7 Å². The molecule has 4 N–H and O–H groups in total. The van der Waals surface area contributed by atoms with Gasteiger partial charge in [0, 0.05) is 16.9 Å². The third-order valence-electron chi connectivity index (χ3n) is 3.81. The first-order valence-electron chi connectivity index (χ1n) is 7.02. The first-order chi connectivity index (χ1) is 9.95. The molecule has 3 rings (SSSR count). The highest BCUT2D eigenvalue weighted by Crippen LogP contribution is 2.31. The topological polar surface area (TPSA) is 78.1 Å². The molecule has 0 aliphatic rings. The van der Waals surface area contributed by atoms with Gasteiger partial charge in [0.15, 0.2) is 5.58 Å². The normalized spacial score (nSPS) is 11.4. The highest BCUT2D eigenvalue weighted by molar-refractivity contribution is 5.79. The van der Waals surface area contributed by atoms with Gasteiger partial charge >= 0.3 is 0 Å². The van der Waals surface area contributed by atoms with E-state index >= 15 is 0 Å². The quantitative estimate of drug-likeness (QED) is 0.693. The Hall–Kier alpha value is -2.49. The number of hydrogen-bond acceptors (Lipinski definition) is 4. The molecule has 21 heavy (non-hydrogen) atoms. The summed E-state index contributed by atoms with van der Waals surface area (Å²) in [5.41, 5.74) is 17.8. The Bertz CT molecular complexity index is 795. The van der Waals surface area contributed by atoms with E-state index in [9.17, 15) is 0 Å². The third-order valence-corrected chi connectivity index (χ3v) is 3.81. The summed E-state index contributed by atoms with van der Waals surface area (Å²) in [5, 5.41) is 0. The van der Waals surface area contributed by atoms with Gasteiger partial charge in [-0.3, -0.25) is 0 Å². The summed E-state index contributed by atoms with van der Waals surface area (Å²) in [6.07, 6.45) is 0. The van der Waals surface area contributed by atoms with Crippen LogP contribution in [0, 0.1) is 6.92 Å². The number of fused-ring (bicyclic) bond motifs is 1. The molecule has 0 unspecified atom stereocenters. The van der Waals surface area contributed by atoms with E-state index in [1.165, 1.54) is 5.56 Å². The molecule has 2 aromatic carbocycles. The molecule has 1 heterocycles. The molecule has 0 atom stereocenters. The third kappa shape index (κ3) is 2.33. The van der Waals surface area contributed by atoms with Gasteiger partial charge in [-0.2, -0.15) is 0 Å². The van der Waals surface area contributed by atoms with Crippen molar-refractivity contribution >= 4 is 22.5 Å². The summed E-state index contributed by atoms with van der Waals surface area (Å²) >= 11 is 0. The maximum Gasteiger partial charge on any atom is 0.227 e. The standard InChI is InChI=1S/C17H19N3O/c1-9(2)11-4-5-16-15(8-11)20-17(21-16)12-6-13(18)10(3)14(19)7-12/h4-9H,18-19H2,1-3H3. The van der Waals surface area contributed by atoms with Gasteiger partial charge in [0.25, 0.3) is 0 Å². The number of nitrogens with zero attached hydrogens (tertiary/aromatic N) is 1.